The van der Waals surface area contributed by atoms with Gasteiger partial charge in [-0.2, -0.15) is 4.98 Å². The smallest absolute Gasteiger partial charge is 0.405 e. The number of nitrogens with one attached hydrogen (secondary N) is 1. The van der Waals surface area contributed by atoms with Crippen LogP contribution >= 0.6 is 0 Å². The molecule has 1 aromatic carbocycles. The molecule has 0 spiro atoms. The third kappa shape index (κ3) is 4.77. The molecule has 2 heterocycles. The first kappa shape index (κ1) is 20.4. The number of anilines is 1. The third-order valence-corrected chi connectivity index (χ3v) is 4.62. The van der Waals surface area contributed by atoms with E-state index in [1.54, 1.807) is 6.20 Å². The van der Waals surface area contributed by atoms with Gasteiger partial charge in [0.1, 0.15) is 18.0 Å². The highest BCUT2D eigenvalue weighted by molar-refractivity contribution is 5.90. The summed E-state index contributed by atoms with van der Waals surface area (Å²) < 4.78 is 11.3. The molecule has 154 valence electrons. The number of benzene rings is 1. The van der Waals surface area contributed by atoms with Crippen LogP contribution in [0.25, 0.3) is 22.3 Å². The molecule has 3 aromatic rings. The zero-order valence-electron chi connectivity index (χ0n) is 17.2. The monoisotopic (exact) mass is 397 g/mol. The lowest BCUT2D eigenvalue weighted by molar-refractivity contribution is -0.0187. The molecule has 29 heavy (non-hydrogen) atoms. The Labute approximate surface area is 169 Å². The van der Waals surface area contributed by atoms with E-state index in [1.807, 2.05) is 38.1 Å². The summed E-state index contributed by atoms with van der Waals surface area (Å²) in [5.74, 6) is 1.36. The second-order valence-electron chi connectivity index (χ2n) is 7.92. The fourth-order valence-corrected chi connectivity index (χ4v) is 3.62. The van der Waals surface area contributed by atoms with Crippen molar-refractivity contribution in [2.24, 2.45) is 11.7 Å². The predicted molar refractivity (Wildman–Crippen MR) is 112 cm³/mol. The van der Waals surface area contributed by atoms with Crippen LogP contribution in [-0.2, 0) is 4.74 Å². The average Bonchev–Trinajstić information content (AvgIpc) is 2.99. The van der Waals surface area contributed by atoms with Gasteiger partial charge in [0.2, 0.25) is 0 Å². The maximum atomic E-state index is 11.3. The zero-order chi connectivity index (χ0) is 21.2. The van der Waals surface area contributed by atoms with Crippen LogP contribution in [0.4, 0.5) is 10.7 Å². The molecule has 1 unspecified atom stereocenters. The van der Waals surface area contributed by atoms with E-state index in [4.69, 9.17) is 20.9 Å². The summed E-state index contributed by atoms with van der Waals surface area (Å²) in [4.78, 5) is 22.8. The fourth-order valence-electron chi connectivity index (χ4n) is 3.62. The Bertz CT molecular complexity index is 1030. The van der Waals surface area contributed by atoms with Crippen molar-refractivity contribution in [1.82, 2.24) is 15.0 Å². The Morgan fingerprint density at radius 1 is 1.31 bits per heavy atom. The van der Waals surface area contributed by atoms with E-state index in [2.05, 4.69) is 28.8 Å². The summed E-state index contributed by atoms with van der Waals surface area (Å²) in [7, 11) is 0. The first-order valence-electron chi connectivity index (χ1n) is 9.49. The van der Waals surface area contributed by atoms with Gasteiger partial charge in [0.05, 0.1) is 5.52 Å². The molecular weight excluding hydrogens is 370 g/mol. The number of amides is 1. The number of pyridine rings is 1. The Morgan fingerprint density at radius 2 is 2.07 bits per heavy atom. The molecule has 0 bridgehead atoms. The van der Waals surface area contributed by atoms with Crippen LogP contribution in [0.3, 0.4) is 0 Å². The minimum atomic E-state index is -0.802. The molecule has 8 nitrogen and oxygen atoms in total. The SMILES string of the molecule is Cc1cc(-c2ccnc3nc(N)[nH]c23)ccc1OCC(C)(CC(C)C)OC(N)=O. The normalized spacial score (nSPS) is 13.4. The van der Waals surface area contributed by atoms with Gasteiger partial charge in [-0.1, -0.05) is 19.9 Å². The van der Waals surface area contributed by atoms with E-state index in [0.29, 0.717) is 29.7 Å². The van der Waals surface area contributed by atoms with Crippen LogP contribution in [0.15, 0.2) is 30.5 Å². The molecule has 1 atom stereocenters. The molecule has 5 N–H and O–H groups in total. The van der Waals surface area contributed by atoms with E-state index in [1.165, 1.54) is 0 Å². The predicted octanol–water partition coefficient (Wildman–Crippen LogP) is 3.79. The number of carbonyl (C=O) groups is 1. The highest BCUT2D eigenvalue weighted by Gasteiger charge is 2.30. The number of hydrogen-bond acceptors (Lipinski definition) is 6. The maximum Gasteiger partial charge on any atom is 0.405 e. The van der Waals surface area contributed by atoms with Gasteiger partial charge in [-0.25, -0.2) is 9.78 Å². The third-order valence-electron chi connectivity index (χ3n) is 4.62. The summed E-state index contributed by atoms with van der Waals surface area (Å²) in [6.07, 6.45) is 1.55. The number of fused-ring (bicyclic) bond motifs is 1. The summed E-state index contributed by atoms with van der Waals surface area (Å²) in [6, 6.07) is 7.80. The summed E-state index contributed by atoms with van der Waals surface area (Å²) in [5.41, 5.74) is 14.5. The molecule has 0 aliphatic rings. The Balaban J connectivity index is 1.83. The highest BCUT2D eigenvalue weighted by Crippen LogP contribution is 2.31. The largest absolute Gasteiger partial charge is 0.489 e. The Hall–Kier alpha value is -3.29. The molecule has 2 aromatic heterocycles. The number of primary amides is 1. The number of ether oxygens (including phenoxy) is 2. The number of aromatic nitrogens is 3. The molecule has 0 aliphatic carbocycles. The number of aryl methyl sites for hydroxylation is 1. The first-order chi connectivity index (χ1) is 13.7. The van der Waals surface area contributed by atoms with Gasteiger partial charge < -0.3 is 25.9 Å². The minimum Gasteiger partial charge on any atom is -0.489 e. The zero-order valence-corrected chi connectivity index (χ0v) is 17.2. The van der Waals surface area contributed by atoms with Crippen molar-refractivity contribution < 1.29 is 14.3 Å². The Morgan fingerprint density at radius 3 is 2.72 bits per heavy atom. The standard InChI is InChI=1S/C21H27N5O3/c1-12(2)10-21(4,29-20(23)27)11-28-16-6-5-14(9-13(16)3)15-7-8-24-18-17(15)25-19(22)26-18/h5-9,12H,10-11H2,1-4H3,(H2,23,27)(H3,22,24,25,26). The number of rotatable bonds is 7. The molecule has 0 saturated carbocycles. The van der Waals surface area contributed by atoms with Gasteiger partial charge in [0.15, 0.2) is 11.6 Å². The number of H-pyrrole nitrogens is 1. The lowest BCUT2D eigenvalue weighted by Crippen LogP contribution is -2.41. The fraction of sp³-hybridized carbons (Fsp3) is 0.381. The molecule has 0 radical (unpaired) electrons. The van der Waals surface area contributed by atoms with Crippen LogP contribution in [0, 0.1) is 12.8 Å². The number of nitrogens with zero attached hydrogens (tertiary/aromatic N) is 2. The maximum absolute atomic E-state index is 11.3. The van der Waals surface area contributed by atoms with Crippen LogP contribution in [0.5, 0.6) is 5.75 Å². The van der Waals surface area contributed by atoms with Crippen LogP contribution in [-0.4, -0.2) is 33.3 Å². The molecule has 3 rings (SSSR count). The van der Waals surface area contributed by atoms with E-state index in [-0.39, 0.29) is 6.61 Å². The molecule has 0 fully saturated rings. The van der Waals surface area contributed by atoms with Crippen LogP contribution < -0.4 is 16.2 Å². The van der Waals surface area contributed by atoms with Gasteiger partial charge >= 0.3 is 6.09 Å². The number of nitrogens with two attached hydrogens (primary N) is 2. The van der Waals surface area contributed by atoms with Gasteiger partial charge in [-0.05, 0) is 55.5 Å². The van der Waals surface area contributed by atoms with E-state index in [9.17, 15) is 4.79 Å². The number of hydrogen-bond donors (Lipinski definition) is 3. The average molecular weight is 397 g/mol. The lowest BCUT2D eigenvalue weighted by atomic mass is 9.95. The van der Waals surface area contributed by atoms with E-state index >= 15 is 0 Å². The molecule has 1 amide bonds. The topological polar surface area (TPSA) is 129 Å². The summed E-state index contributed by atoms with van der Waals surface area (Å²) in [6.45, 7) is 8.12. The highest BCUT2D eigenvalue weighted by atomic mass is 16.6. The minimum absolute atomic E-state index is 0.213. The molecular formula is C21H27N5O3. The number of nitrogen functional groups attached to an aromatic ring is 1. The van der Waals surface area contributed by atoms with Gasteiger partial charge in [-0.15, -0.1) is 0 Å². The molecule has 0 aliphatic heterocycles. The second-order valence-corrected chi connectivity index (χ2v) is 7.92. The van der Waals surface area contributed by atoms with Crippen molar-refractivity contribution in [2.45, 2.75) is 39.7 Å². The van der Waals surface area contributed by atoms with Crippen molar-refractivity contribution in [1.29, 1.82) is 0 Å². The molecule has 8 heteroatoms. The van der Waals surface area contributed by atoms with Crippen molar-refractivity contribution in [3.63, 3.8) is 0 Å². The van der Waals surface area contributed by atoms with Crippen molar-refractivity contribution in [3.05, 3.63) is 36.0 Å². The van der Waals surface area contributed by atoms with E-state index < -0.39 is 11.7 Å². The van der Waals surface area contributed by atoms with Crippen molar-refractivity contribution >= 4 is 23.2 Å². The number of imidazole rings is 1. The molecule has 0 saturated heterocycles. The number of carbonyl (C=O) groups excluding carboxylic acids is 1. The van der Waals surface area contributed by atoms with Crippen molar-refractivity contribution in [3.8, 4) is 16.9 Å². The van der Waals surface area contributed by atoms with E-state index in [0.717, 1.165) is 22.2 Å². The lowest BCUT2D eigenvalue weighted by Gasteiger charge is -2.30. The van der Waals surface area contributed by atoms with Gasteiger partial charge in [-0.3, -0.25) is 0 Å². The van der Waals surface area contributed by atoms with Gasteiger partial charge in [0.25, 0.3) is 0 Å². The summed E-state index contributed by atoms with van der Waals surface area (Å²) >= 11 is 0. The summed E-state index contributed by atoms with van der Waals surface area (Å²) in [5, 5.41) is 0. The first-order valence-corrected chi connectivity index (χ1v) is 9.49. The van der Waals surface area contributed by atoms with Crippen molar-refractivity contribution in [2.75, 3.05) is 12.3 Å². The second kappa shape index (κ2) is 7.98. The van der Waals surface area contributed by atoms with Crippen LogP contribution in [0.1, 0.15) is 32.8 Å². The van der Waals surface area contributed by atoms with Crippen LogP contribution in [0.2, 0.25) is 0 Å². The van der Waals surface area contributed by atoms with Gasteiger partial charge in [0, 0.05) is 11.8 Å². The number of aromatic amines is 1. The quantitative estimate of drug-likeness (QED) is 0.556. The Kier molecular flexibility index (Phi) is 5.63.